The van der Waals surface area contributed by atoms with Crippen LogP contribution in [0, 0.1) is 5.92 Å². The molecule has 0 aromatic rings. The maximum atomic E-state index is 10.9. The lowest BCUT2D eigenvalue weighted by molar-refractivity contribution is -0.118. The van der Waals surface area contributed by atoms with Crippen LogP contribution >= 0.6 is 0 Å². The second-order valence-electron chi connectivity index (χ2n) is 3.17. The second-order valence-corrected chi connectivity index (χ2v) is 3.17. The lowest BCUT2D eigenvalue weighted by Crippen LogP contribution is -2.04. The molecule has 0 atom stereocenters. The van der Waals surface area contributed by atoms with Crippen molar-refractivity contribution in [2.75, 3.05) is 6.61 Å². The molecule has 2 heteroatoms. The standard InChI is InChI=1S/C10H16O2/c1-7(2)8(3)5-9(4)10(12)6-11/h7,11H,6H2,1-4H3. The number of aliphatic hydroxyl groups excluding tert-OH is 1. The molecule has 12 heavy (non-hydrogen) atoms. The van der Waals surface area contributed by atoms with Crippen LogP contribution in [0.1, 0.15) is 27.7 Å². The summed E-state index contributed by atoms with van der Waals surface area (Å²) in [5.41, 5.74) is 4.49. The third kappa shape index (κ3) is 3.51. The minimum absolute atomic E-state index is 0.255. The monoisotopic (exact) mass is 168 g/mol. The Morgan fingerprint density at radius 3 is 2.25 bits per heavy atom. The first kappa shape index (κ1) is 11.2. The summed E-state index contributed by atoms with van der Waals surface area (Å²) < 4.78 is 0. The van der Waals surface area contributed by atoms with Crippen LogP contribution in [0.3, 0.4) is 0 Å². The zero-order chi connectivity index (χ0) is 9.72. The Morgan fingerprint density at radius 2 is 1.92 bits per heavy atom. The molecule has 0 aliphatic rings. The SMILES string of the molecule is CC(=C=C(C)C(C)C)C(=O)CO. The fraction of sp³-hybridized carbons (Fsp3) is 0.600. The van der Waals surface area contributed by atoms with E-state index in [1.807, 2.05) is 20.8 Å². The molecule has 0 unspecified atom stereocenters. The number of hydrogen-bond donors (Lipinski definition) is 1. The summed E-state index contributed by atoms with van der Waals surface area (Å²) >= 11 is 0. The molecule has 0 rings (SSSR count). The van der Waals surface area contributed by atoms with Crippen LogP contribution in [0.2, 0.25) is 0 Å². The Bertz CT molecular complexity index is 230. The summed E-state index contributed by atoms with van der Waals surface area (Å²) in [4.78, 5) is 10.9. The van der Waals surface area contributed by atoms with E-state index in [4.69, 9.17) is 5.11 Å². The van der Waals surface area contributed by atoms with Crippen molar-refractivity contribution < 1.29 is 9.90 Å². The molecule has 0 radical (unpaired) electrons. The molecule has 0 aliphatic heterocycles. The molecular formula is C10H16O2. The largest absolute Gasteiger partial charge is 0.388 e. The molecule has 0 spiro atoms. The van der Waals surface area contributed by atoms with Gasteiger partial charge in [0, 0.05) is 5.57 Å². The van der Waals surface area contributed by atoms with Crippen LogP contribution in [-0.4, -0.2) is 17.5 Å². The predicted octanol–water partition coefficient (Wildman–Crippen LogP) is 1.70. The van der Waals surface area contributed by atoms with Gasteiger partial charge in [0.1, 0.15) is 6.61 Å². The molecule has 1 N–H and O–H groups in total. The van der Waals surface area contributed by atoms with Gasteiger partial charge in [0.05, 0.1) is 0 Å². The molecule has 0 bridgehead atoms. The Morgan fingerprint density at radius 1 is 1.42 bits per heavy atom. The average molecular weight is 168 g/mol. The zero-order valence-corrected chi connectivity index (χ0v) is 8.14. The zero-order valence-electron chi connectivity index (χ0n) is 8.14. The highest BCUT2D eigenvalue weighted by molar-refractivity contribution is 5.95. The predicted molar refractivity (Wildman–Crippen MR) is 48.8 cm³/mol. The summed E-state index contributed by atoms with van der Waals surface area (Å²) in [6.45, 7) is 7.26. The van der Waals surface area contributed by atoms with Crippen molar-refractivity contribution in [1.29, 1.82) is 0 Å². The van der Waals surface area contributed by atoms with E-state index in [1.165, 1.54) is 0 Å². The highest BCUT2D eigenvalue weighted by Crippen LogP contribution is 2.07. The summed E-state index contributed by atoms with van der Waals surface area (Å²) in [6.07, 6.45) is 0. The molecule has 0 aromatic carbocycles. The van der Waals surface area contributed by atoms with Gasteiger partial charge in [0.15, 0.2) is 5.78 Å². The van der Waals surface area contributed by atoms with Crippen molar-refractivity contribution in [2.24, 2.45) is 5.92 Å². The van der Waals surface area contributed by atoms with E-state index in [9.17, 15) is 4.79 Å². The van der Waals surface area contributed by atoms with E-state index < -0.39 is 6.61 Å². The number of hydrogen-bond acceptors (Lipinski definition) is 2. The molecule has 0 fully saturated rings. The lowest BCUT2D eigenvalue weighted by Gasteiger charge is -2.00. The van der Waals surface area contributed by atoms with Crippen molar-refractivity contribution in [3.63, 3.8) is 0 Å². The Hall–Kier alpha value is -0.850. The van der Waals surface area contributed by atoms with Crippen LogP contribution in [0.5, 0.6) is 0 Å². The Balaban J connectivity index is 4.74. The van der Waals surface area contributed by atoms with Gasteiger partial charge < -0.3 is 5.11 Å². The van der Waals surface area contributed by atoms with Gasteiger partial charge in [-0.1, -0.05) is 13.8 Å². The summed E-state index contributed by atoms with van der Waals surface area (Å²) in [5, 5.41) is 8.54. The first-order valence-electron chi connectivity index (χ1n) is 4.07. The van der Waals surface area contributed by atoms with Gasteiger partial charge >= 0.3 is 0 Å². The fourth-order valence-electron chi connectivity index (χ4n) is 0.628. The van der Waals surface area contributed by atoms with Gasteiger partial charge in [-0.05, 0) is 25.3 Å². The Kier molecular flexibility index (Phi) is 4.57. The number of carbonyl (C=O) groups excluding carboxylic acids is 1. The Labute approximate surface area is 73.6 Å². The third-order valence-corrected chi connectivity index (χ3v) is 1.81. The highest BCUT2D eigenvalue weighted by Gasteiger charge is 2.01. The van der Waals surface area contributed by atoms with Crippen molar-refractivity contribution in [3.8, 4) is 0 Å². The van der Waals surface area contributed by atoms with E-state index in [1.54, 1.807) is 6.92 Å². The van der Waals surface area contributed by atoms with Gasteiger partial charge in [-0.3, -0.25) is 4.79 Å². The molecule has 0 aliphatic carbocycles. The van der Waals surface area contributed by atoms with E-state index >= 15 is 0 Å². The average Bonchev–Trinajstić information content (AvgIpc) is 2.02. The molecule has 0 amide bonds. The van der Waals surface area contributed by atoms with Crippen LogP contribution in [0.4, 0.5) is 0 Å². The summed E-state index contributed by atoms with van der Waals surface area (Å²) in [6, 6.07) is 0. The molecular weight excluding hydrogens is 152 g/mol. The van der Waals surface area contributed by atoms with Gasteiger partial charge in [-0.15, -0.1) is 5.73 Å². The molecule has 2 nitrogen and oxygen atoms in total. The molecule has 0 saturated heterocycles. The van der Waals surface area contributed by atoms with Crippen LogP contribution in [0.15, 0.2) is 16.9 Å². The maximum Gasteiger partial charge on any atom is 0.191 e. The van der Waals surface area contributed by atoms with E-state index in [0.29, 0.717) is 11.5 Å². The van der Waals surface area contributed by atoms with Crippen LogP contribution in [-0.2, 0) is 4.79 Å². The van der Waals surface area contributed by atoms with Gasteiger partial charge in [0.25, 0.3) is 0 Å². The number of aliphatic hydroxyl groups is 1. The van der Waals surface area contributed by atoms with Crippen molar-refractivity contribution in [1.82, 2.24) is 0 Å². The van der Waals surface area contributed by atoms with E-state index in [0.717, 1.165) is 5.57 Å². The normalized spacial score (nSPS) is 9.50. The molecule has 0 aromatic heterocycles. The van der Waals surface area contributed by atoms with Crippen LogP contribution in [0.25, 0.3) is 0 Å². The number of ketones is 1. The van der Waals surface area contributed by atoms with E-state index in [-0.39, 0.29) is 5.78 Å². The first-order valence-corrected chi connectivity index (χ1v) is 4.07. The third-order valence-electron chi connectivity index (χ3n) is 1.81. The first-order chi connectivity index (χ1) is 5.49. The van der Waals surface area contributed by atoms with Crippen molar-refractivity contribution in [3.05, 3.63) is 16.9 Å². The van der Waals surface area contributed by atoms with Gasteiger partial charge in [-0.25, -0.2) is 0 Å². The minimum Gasteiger partial charge on any atom is -0.388 e. The number of Topliss-reactive ketones (excluding diaryl/α,β-unsaturated/α-hetero) is 1. The number of rotatable bonds is 3. The summed E-state index contributed by atoms with van der Waals surface area (Å²) in [7, 11) is 0. The van der Waals surface area contributed by atoms with Gasteiger partial charge in [-0.2, -0.15) is 0 Å². The molecule has 0 saturated carbocycles. The van der Waals surface area contributed by atoms with Crippen molar-refractivity contribution >= 4 is 5.78 Å². The second kappa shape index (κ2) is 4.91. The highest BCUT2D eigenvalue weighted by atomic mass is 16.3. The number of carbonyl (C=O) groups is 1. The minimum atomic E-state index is -0.426. The summed E-state index contributed by atoms with van der Waals surface area (Å²) in [5.74, 6) is 0.140. The van der Waals surface area contributed by atoms with Crippen molar-refractivity contribution in [2.45, 2.75) is 27.7 Å². The molecule has 0 heterocycles. The van der Waals surface area contributed by atoms with Gasteiger partial charge in [0.2, 0.25) is 0 Å². The maximum absolute atomic E-state index is 10.9. The van der Waals surface area contributed by atoms with E-state index in [2.05, 4.69) is 5.73 Å². The quantitative estimate of drug-likeness (QED) is 0.514. The molecule has 68 valence electrons. The topological polar surface area (TPSA) is 37.3 Å². The van der Waals surface area contributed by atoms with Crippen LogP contribution < -0.4 is 0 Å². The lowest BCUT2D eigenvalue weighted by atomic mass is 10.0. The smallest absolute Gasteiger partial charge is 0.191 e. The fourth-order valence-corrected chi connectivity index (χ4v) is 0.628.